The molecule has 202 valence electrons. The molecule has 0 spiro atoms. The number of nitrogens with one attached hydrogen (secondary N) is 2. The summed E-state index contributed by atoms with van der Waals surface area (Å²) in [5.74, 6) is -1.31. The molecule has 39 heavy (non-hydrogen) atoms. The zero-order valence-electron chi connectivity index (χ0n) is 21.7. The minimum atomic E-state index is -1.41. The second kappa shape index (κ2) is 12.8. The second-order valence-corrected chi connectivity index (χ2v) is 8.95. The van der Waals surface area contributed by atoms with Gasteiger partial charge in [0.15, 0.2) is 6.10 Å². The van der Waals surface area contributed by atoms with Crippen molar-refractivity contribution in [1.29, 1.82) is 0 Å². The zero-order valence-corrected chi connectivity index (χ0v) is 21.7. The first-order chi connectivity index (χ1) is 18.9. The number of hydrogen-bond acceptors (Lipinski definition) is 6. The Bertz CT molecular complexity index is 1410. The van der Waals surface area contributed by atoms with Gasteiger partial charge in [-0.15, -0.1) is 0 Å². The van der Waals surface area contributed by atoms with Crippen LogP contribution in [-0.4, -0.2) is 53.0 Å². The van der Waals surface area contributed by atoms with Gasteiger partial charge in [-0.2, -0.15) is 5.10 Å². The van der Waals surface area contributed by atoms with Crippen LogP contribution >= 0.6 is 0 Å². The van der Waals surface area contributed by atoms with Gasteiger partial charge < -0.3 is 19.9 Å². The van der Waals surface area contributed by atoms with E-state index >= 15 is 0 Å². The van der Waals surface area contributed by atoms with Gasteiger partial charge in [0, 0.05) is 18.0 Å². The van der Waals surface area contributed by atoms with Crippen molar-refractivity contribution in [3.8, 4) is 28.1 Å². The van der Waals surface area contributed by atoms with Gasteiger partial charge in [-0.1, -0.05) is 54.6 Å². The third-order valence-corrected chi connectivity index (χ3v) is 6.20. The number of amides is 1. The summed E-state index contributed by atoms with van der Waals surface area (Å²) in [6.07, 6.45) is -1.10. The van der Waals surface area contributed by atoms with Crippen molar-refractivity contribution in [2.24, 2.45) is 0 Å². The molecule has 4 aromatic rings. The monoisotopic (exact) mass is 531 g/mol. The molecule has 4 rings (SSSR count). The second-order valence-electron chi connectivity index (χ2n) is 8.95. The van der Waals surface area contributed by atoms with E-state index in [1.807, 2.05) is 54.6 Å². The van der Waals surface area contributed by atoms with Crippen molar-refractivity contribution >= 4 is 11.9 Å². The van der Waals surface area contributed by atoms with Gasteiger partial charge in [0.25, 0.3) is 5.91 Å². The van der Waals surface area contributed by atoms with Gasteiger partial charge in [0.05, 0.1) is 19.4 Å². The highest BCUT2D eigenvalue weighted by atomic mass is 19.1. The van der Waals surface area contributed by atoms with Crippen molar-refractivity contribution in [3.63, 3.8) is 0 Å². The molecule has 8 nitrogen and oxygen atoms in total. The normalized spacial score (nSPS) is 12.4. The van der Waals surface area contributed by atoms with Gasteiger partial charge in [-0.25, -0.2) is 9.18 Å². The number of methoxy groups -OCH3 is 1. The molecular formula is C30H30FN3O5. The third-order valence-electron chi connectivity index (χ3n) is 6.20. The van der Waals surface area contributed by atoms with Crippen molar-refractivity contribution in [3.05, 3.63) is 95.9 Å². The molecule has 0 fully saturated rings. The molecule has 0 aliphatic carbocycles. The highest BCUT2D eigenvalue weighted by Gasteiger charge is 2.25. The van der Waals surface area contributed by atoms with Gasteiger partial charge in [0.1, 0.15) is 17.3 Å². The number of esters is 1. The number of nitrogens with zero attached hydrogens (tertiary/aromatic N) is 1. The summed E-state index contributed by atoms with van der Waals surface area (Å²) in [5, 5.41) is 20.1. The first kappa shape index (κ1) is 27.5. The molecule has 0 radical (unpaired) electrons. The Morgan fingerprint density at radius 1 is 1.03 bits per heavy atom. The van der Waals surface area contributed by atoms with Gasteiger partial charge in [0.2, 0.25) is 0 Å². The minimum Gasteiger partial charge on any atom is -0.496 e. The lowest BCUT2D eigenvalue weighted by Crippen LogP contribution is -2.41. The van der Waals surface area contributed by atoms with E-state index in [0.717, 1.165) is 16.7 Å². The van der Waals surface area contributed by atoms with E-state index in [4.69, 9.17) is 9.47 Å². The Kier molecular flexibility index (Phi) is 9.06. The van der Waals surface area contributed by atoms with Gasteiger partial charge in [-0.05, 0) is 54.3 Å². The van der Waals surface area contributed by atoms with E-state index in [1.165, 1.54) is 31.4 Å². The number of hydrogen-bond donors (Lipinski definition) is 3. The van der Waals surface area contributed by atoms with E-state index in [1.54, 1.807) is 6.92 Å². The average molecular weight is 532 g/mol. The number of aromatic nitrogens is 2. The van der Waals surface area contributed by atoms with E-state index in [0.29, 0.717) is 23.4 Å². The topological polar surface area (TPSA) is 114 Å². The highest BCUT2D eigenvalue weighted by Crippen LogP contribution is 2.29. The van der Waals surface area contributed by atoms with Crippen molar-refractivity contribution in [2.75, 3.05) is 13.7 Å². The fraction of sp³-hybridized carbons (Fsp3) is 0.233. The lowest BCUT2D eigenvalue weighted by atomic mass is 9.97. The standard InChI is InChI=1S/C30H30FN3O5/c1-3-39-30(37)27(35)17-23(15-19-9-11-21(12-10-19)20-7-5-4-6-8-20)32-29(36)26-18-25(33-34-26)24-16-22(31)13-14-28(24)38-2/h4-14,16,18,23,27,35H,3,15,17H2,1-2H3,(H,32,36)(H,33,34)/t23-,27-/m1/s1. The van der Waals surface area contributed by atoms with Crippen LogP contribution in [0.15, 0.2) is 78.9 Å². The number of halogens is 1. The Morgan fingerprint density at radius 2 is 1.74 bits per heavy atom. The lowest BCUT2D eigenvalue weighted by Gasteiger charge is -2.21. The zero-order chi connectivity index (χ0) is 27.8. The lowest BCUT2D eigenvalue weighted by molar-refractivity contribution is -0.153. The molecule has 1 aromatic heterocycles. The van der Waals surface area contributed by atoms with Crippen LogP contribution in [0, 0.1) is 5.82 Å². The Morgan fingerprint density at radius 3 is 2.44 bits per heavy atom. The van der Waals surface area contributed by atoms with Crippen molar-refractivity contribution in [2.45, 2.75) is 31.9 Å². The van der Waals surface area contributed by atoms with Crippen LogP contribution in [0.4, 0.5) is 4.39 Å². The molecule has 3 N–H and O–H groups in total. The highest BCUT2D eigenvalue weighted by molar-refractivity contribution is 5.93. The smallest absolute Gasteiger partial charge is 0.335 e. The number of H-pyrrole nitrogens is 1. The Hall–Kier alpha value is -4.50. The summed E-state index contributed by atoms with van der Waals surface area (Å²) in [6.45, 7) is 1.79. The molecule has 1 heterocycles. The van der Waals surface area contributed by atoms with E-state index in [2.05, 4.69) is 15.5 Å². The largest absolute Gasteiger partial charge is 0.496 e. The molecule has 0 unspecified atom stereocenters. The van der Waals surface area contributed by atoms with E-state index in [-0.39, 0.29) is 18.7 Å². The number of aliphatic hydroxyl groups excluding tert-OH is 1. The summed E-state index contributed by atoms with van der Waals surface area (Å²) in [7, 11) is 1.46. The van der Waals surface area contributed by atoms with Crippen molar-refractivity contribution < 1.29 is 28.6 Å². The maximum Gasteiger partial charge on any atom is 0.335 e. The van der Waals surface area contributed by atoms with E-state index in [9.17, 15) is 19.1 Å². The molecule has 0 bridgehead atoms. The van der Waals surface area contributed by atoms with Crippen LogP contribution in [0.3, 0.4) is 0 Å². The van der Waals surface area contributed by atoms with Gasteiger partial charge in [-0.3, -0.25) is 9.89 Å². The number of carbonyl (C=O) groups is 2. The van der Waals surface area contributed by atoms with Crippen LogP contribution in [0.1, 0.15) is 29.4 Å². The first-order valence-corrected chi connectivity index (χ1v) is 12.6. The number of rotatable bonds is 11. The quantitative estimate of drug-likeness (QED) is 0.245. The molecule has 0 saturated carbocycles. The maximum absolute atomic E-state index is 13.8. The molecular weight excluding hydrogens is 501 g/mol. The van der Waals surface area contributed by atoms with E-state index < -0.39 is 29.8 Å². The average Bonchev–Trinajstić information content (AvgIpc) is 3.44. The van der Waals surface area contributed by atoms with Crippen LogP contribution in [0.2, 0.25) is 0 Å². The summed E-state index contributed by atoms with van der Waals surface area (Å²) in [5.41, 5.74) is 3.88. The molecule has 1 amide bonds. The summed E-state index contributed by atoms with van der Waals surface area (Å²) in [4.78, 5) is 25.2. The number of carbonyl (C=O) groups excluding carboxylic acids is 2. The Labute approximate surface area is 225 Å². The summed E-state index contributed by atoms with van der Waals surface area (Å²) >= 11 is 0. The predicted octanol–water partition coefficient (Wildman–Crippen LogP) is 4.55. The molecule has 0 aliphatic rings. The van der Waals surface area contributed by atoms with Gasteiger partial charge >= 0.3 is 5.97 Å². The summed E-state index contributed by atoms with van der Waals surface area (Å²) < 4.78 is 24.1. The molecule has 0 saturated heterocycles. The molecule has 9 heteroatoms. The third kappa shape index (κ3) is 7.08. The van der Waals surface area contributed by atoms with Crippen LogP contribution < -0.4 is 10.1 Å². The van der Waals surface area contributed by atoms with Crippen LogP contribution in [0.5, 0.6) is 5.75 Å². The summed E-state index contributed by atoms with van der Waals surface area (Å²) in [6, 6.07) is 22.7. The number of aliphatic hydroxyl groups is 1. The predicted molar refractivity (Wildman–Crippen MR) is 145 cm³/mol. The van der Waals surface area contributed by atoms with Crippen LogP contribution in [0.25, 0.3) is 22.4 Å². The maximum atomic E-state index is 13.8. The Balaban J connectivity index is 1.52. The SMILES string of the molecule is CCOC(=O)[C@H](O)C[C@@H](Cc1ccc(-c2ccccc2)cc1)NC(=O)c1cc(-c2cc(F)ccc2OC)n[nH]1. The number of ether oxygens (including phenoxy) is 2. The minimum absolute atomic E-state index is 0.0519. The molecule has 3 aromatic carbocycles. The molecule has 2 atom stereocenters. The number of benzene rings is 3. The molecule has 0 aliphatic heterocycles. The number of aromatic amines is 1. The van der Waals surface area contributed by atoms with Crippen LogP contribution in [-0.2, 0) is 16.0 Å². The first-order valence-electron chi connectivity index (χ1n) is 12.6. The fourth-order valence-corrected chi connectivity index (χ4v) is 4.27. The fourth-order valence-electron chi connectivity index (χ4n) is 4.27. The van der Waals surface area contributed by atoms with Crippen molar-refractivity contribution in [1.82, 2.24) is 15.5 Å².